The van der Waals surface area contributed by atoms with Gasteiger partial charge in [0.15, 0.2) is 11.6 Å². The second-order valence-electron chi connectivity index (χ2n) is 4.64. The summed E-state index contributed by atoms with van der Waals surface area (Å²) in [5.41, 5.74) is 1.22. The van der Waals surface area contributed by atoms with Gasteiger partial charge in [-0.1, -0.05) is 30.3 Å². The Hall–Kier alpha value is -2.70. The molecule has 0 heterocycles. The van der Waals surface area contributed by atoms with Crippen LogP contribution in [0.4, 0.5) is 23.7 Å². The highest BCUT2D eigenvalue weighted by Crippen LogP contribution is 2.22. The second-order valence-corrected chi connectivity index (χ2v) is 4.64. The fourth-order valence-electron chi connectivity index (χ4n) is 1.91. The second kappa shape index (κ2) is 8.07. The van der Waals surface area contributed by atoms with Crippen LogP contribution in [0.1, 0.15) is 5.56 Å². The zero-order valence-corrected chi connectivity index (χ0v) is 12.1. The number of alkyl halides is 2. The molecule has 0 aromatic heterocycles. The number of halogens is 3. The Morgan fingerprint density at radius 3 is 2.52 bits per heavy atom. The van der Waals surface area contributed by atoms with E-state index < -0.39 is 24.2 Å². The third kappa shape index (κ3) is 5.54. The topological polar surface area (TPSA) is 50.4 Å². The molecular formula is C16H15F3N2O2. The third-order valence-corrected chi connectivity index (χ3v) is 2.95. The normalized spacial score (nSPS) is 10.4. The first-order valence-electron chi connectivity index (χ1n) is 6.88. The number of ether oxygens (including phenoxy) is 1. The van der Waals surface area contributed by atoms with Crippen LogP contribution in [0.25, 0.3) is 0 Å². The lowest BCUT2D eigenvalue weighted by Gasteiger charge is -2.10. The molecule has 0 aliphatic carbocycles. The number of urea groups is 1. The van der Waals surface area contributed by atoms with Crippen molar-refractivity contribution in [3.05, 3.63) is 59.9 Å². The zero-order valence-electron chi connectivity index (χ0n) is 12.1. The first-order chi connectivity index (χ1) is 11.0. The summed E-state index contributed by atoms with van der Waals surface area (Å²) in [6.07, 6.45) is 0.657. The molecule has 0 aliphatic rings. The number of benzene rings is 2. The summed E-state index contributed by atoms with van der Waals surface area (Å²) in [6.45, 7) is -2.70. The first kappa shape index (κ1) is 16.7. The monoisotopic (exact) mass is 324 g/mol. The Kier molecular flexibility index (Phi) is 5.85. The summed E-state index contributed by atoms with van der Waals surface area (Å²) >= 11 is 0. The van der Waals surface area contributed by atoms with Crippen molar-refractivity contribution in [3.63, 3.8) is 0 Å². The van der Waals surface area contributed by atoms with E-state index in [2.05, 4.69) is 15.4 Å². The van der Waals surface area contributed by atoms with Crippen molar-refractivity contribution in [2.75, 3.05) is 11.9 Å². The lowest BCUT2D eigenvalue weighted by atomic mass is 10.1. The van der Waals surface area contributed by atoms with Crippen LogP contribution in [0.2, 0.25) is 0 Å². The van der Waals surface area contributed by atoms with Crippen LogP contribution in [-0.2, 0) is 6.42 Å². The van der Waals surface area contributed by atoms with E-state index in [4.69, 9.17) is 0 Å². The van der Waals surface area contributed by atoms with Gasteiger partial charge in [0.1, 0.15) is 0 Å². The lowest BCUT2D eigenvalue weighted by Crippen LogP contribution is -2.30. The maximum atomic E-state index is 13.5. The number of nitrogens with one attached hydrogen (secondary N) is 2. The molecule has 0 aliphatic heterocycles. The molecular weight excluding hydrogens is 309 g/mol. The SMILES string of the molecule is O=C(NCCc1ccccc1)Nc1ccc(OC(F)F)c(F)c1. The number of hydrogen-bond donors (Lipinski definition) is 2. The Morgan fingerprint density at radius 2 is 1.87 bits per heavy atom. The van der Waals surface area contributed by atoms with Gasteiger partial charge in [0.2, 0.25) is 0 Å². The highest BCUT2D eigenvalue weighted by molar-refractivity contribution is 5.89. The maximum Gasteiger partial charge on any atom is 0.387 e. The summed E-state index contributed by atoms with van der Waals surface area (Å²) in [5.74, 6) is -1.55. The molecule has 0 unspecified atom stereocenters. The van der Waals surface area contributed by atoms with Crippen molar-refractivity contribution in [2.24, 2.45) is 0 Å². The van der Waals surface area contributed by atoms with Gasteiger partial charge < -0.3 is 15.4 Å². The molecule has 2 aromatic rings. The standard InChI is InChI=1S/C16H15F3N2O2/c17-13-10-12(6-7-14(13)23-15(18)19)21-16(22)20-9-8-11-4-2-1-3-5-11/h1-7,10,15H,8-9H2,(H2,20,21,22). The largest absolute Gasteiger partial charge is 0.432 e. The van der Waals surface area contributed by atoms with E-state index in [1.807, 2.05) is 30.3 Å². The van der Waals surface area contributed by atoms with Gasteiger partial charge in [-0.25, -0.2) is 9.18 Å². The highest BCUT2D eigenvalue weighted by atomic mass is 19.3. The molecule has 7 heteroatoms. The molecule has 0 saturated heterocycles. The molecule has 23 heavy (non-hydrogen) atoms. The average molecular weight is 324 g/mol. The molecule has 0 fully saturated rings. The fourth-order valence-corrected chi connectivity index (χ4v) is 1.91. The van der Waals surface area contributed by atoms with E-state index in [1.165, 1.54) is 6.07 Å². The minimum absolute atomic E-state index is 0.140. The van der Waals surface area contributed by atoms with Gasteiger partial charge in [-0.3, -0.25) is 0 Å². The minimum atomic E-state index is -3.11. The van der Waals surface area contributed by atoms with Gasteiger partial charge in [0.25, 0.3) is 0 Å². The lowest BCUT2D eigenvalue weighted by molar-refractivity contribution is -0.0521. The van der Waals surface area contributed by atoms with E-state index in [0.29, 0.717) is 13.0 Å². The van der Waals surface area contributed by atoms with Gasteiger partial charge >= 0.3 is 12.6 Å². The maximum absolute atomic E-state index is 13.5. The summed E-state index contributed by atoms with van der Waals surface area (Å²) in [6, 6.07) is 12.3. The molecule has 0 atom stereocenters. The molecule has 4 nitrogen and oxygen atoms in total. The van der Waals surface area contributed by atoms with Gasteiger partial charge in [0.05, 0.1) is 0 Å². The van der Waals surface area contributed by atoms with Gasteiger partial charge in [-0.2, -0.15) is 8.78 Å². The van der Waals surface area contributed by atoms with E-state index in [1.54, 1.807) is 0 Å². The Morgan fingerprint density at radius 1 is 1.13 bits per heavy atom. The highest BCUT2D eigenvalue weighted by Gasteiger charge is 2.11. The fraction of sp³-hybridized carbons (Fsp3) is 0.188. The third-order valence-electron chi connectivity index (χ3n) is 2.95. The average Bonchev–Trinajstić information content (AvgIpc) is 2.51. The van der Waals surface area contributed by atoms with Crippen LogP contribution in [0, 0.1) is 5.82 Å². The Bertz CT molecular complexity index is 651. The number of amides is 2. The van der Waals surface area contributed by atoms with Crippen LogP contribution < -0.4 is 15.4 Å². The molecule has 122 valence electrons. The molecule has 0 saturated carbocycles. The zero-order chi connectivity index (χ0) is 16.7. The van der Waals surface area contributed by atoms with Crippen molar-refractivity contribution in [2.45, 2.75) is 13.0 Å². The van der Waals surface area contributed by atoms with E-state index >= 15 is 0 Å². The summed E-state index contributed by atoms with van der Waals surface area (Å²) < 4.78 is 41.5. The Labute approximate surface area is 131 Å². The molecule has 0 radical (unpaired) electrons. The van der Waals surface area contributed by atoms with Crippen LogP contribution in [0.5, 0.6) is 5.75 Å². The predicted octanol–water partition coefficient (Wildman–Crippen LogP) is 3.79. The van der Waals surface area contributed by atoms with Crippen molar-refractivity contribution in [3.8, 4) is 5.75 Å². The number of anilines is 1. The number of carbonyl (C=O) groups is 1. The van der Waals surface area contributed by atoms with E-state index in [9.17, 15) is 18.0 Å². The molecule has 0 bridgehead atoms. The summed E-state index contributed by atoms with van der Waals surface area (Å²) in [7, 11) is 0. The quantitative estimate of drug-likeness (QED) is 0.849. The van der Waals surface area contributed by atoms with Crippen LogP contribution in [0.15, 0.2) is 48.5 Å². The van der Waals surface area contributed by atoms with Crippen molar-refractivity contribution in [1.29, 1.82) is 0 Å². The van der Waals surface area contributed by atoms with Crippen molar-refractivity contribution in [1.82, 2.24) is 5.32 Å². The molecule has 2 aromatic carbocycles. The summed E-state index contributed by atoms with van der Waals surface area (Å²) in [5, 5.41) is 5.04. The van der Waals surface area contributed by atoms with Gasteiger partial charge in [-0.05, 0) is 24.1 Å². The molecule has 2 N–H and O–H groups in total. The smallest absolute Gasteiger partial charge is 0.387 e. The summed E-state index contributed by atoms with van der Waals surface area (Å²) in [4.78, 5) is 11.7. The van der Waals surface area contributed by atoms with Crippen molar-refractivity contribution >= 4 is 11.7 Å². The minimum Gasteiger partial charge on any atom is -0.432 e. The van der Waals surface area contributed by atoms with Crippen LogP contribution in [0.3, 0.4) is 0 Å². The molecule has 2 rings (SSSR count). The van der Waals surface area contributed by atoms with Gasteiger partial charge in [-0.15, -0.1) is 0 Å². The van der Waals surface area contributed by atoms with E-state index in [0.717, 1.165) is 17.7 Å². The molecule has 2 amide bonds. The van der Waals surface area contributed by atoms with Crippen LogP contribution in [-0.4, -0.2) is 19.2 Å². The van der Waals surface area contributed by atoms with Crippen LogP contribution >= 0.6 is 0 Å². The Balaban J connectivity index is 1.82. The number of carbonyl (C=O) groups excluding carboxylic acids is 1. The number of rotatable bonds is 6. The first-order valence-corrected chi connectivity index (χ1v) is 6.88. The molecule has 0 spiro atoms. The van der Waals surface area contributed by atoms with Crippen molar-refractivity contribution < 1.29 is 22.7 Å². The number of hydrogen-bond acceptors (Lipinski definition) is 2. The predicted molar refractivity (Wildman–Crippen MR) is 80.2 cm³/mol. The van der Waals surface area contributed by atoms with Gasteiger partial charge in [0, 0.05) is 18.3 Å². The van der Waals surface area contributed by atoms with E-state index in [-0.39, 0.29) is 5.69 Å².